The Bertz CT molecular complexity index is 1320. The SMILES string of the molecule is C=CC1=C(/C=C\C)CN(C(C(=O)N2CCCC2(C)C(=O)NCc2ccc(-c3scnc3C)cc2)C(C)C)C1=O. The summed E-state index contributed by atoms with van der Waals surface area (Å²) in [6.07, 6.45) is 6.66. The van der Waals surface area contributed by atoms with E-state index < -0.39 is 11.6 Å². The van der Waals surface area contributed by atoms with Crippen molar-refractivity contribution in [2.45, 2.75) is 65.6 Å². The maximum absolute atomic E-state index is 14.0. The summed E-state index contributed by atoms with van der Waals surface area (Å²) in [7, 11) is 0. The number of likely N-dealkylation sites (tertiary alicyclic amines) is 1. The van der Waals surface area contributed by atoms with Gasteiger partial charge in [0.25, 0.3) is 5.91 Å². The zero-order chi connectivity index (χ0) is 28.3. The molecule has 1 aromatic carbocycles. The highest BCUT2D eigenvalue weighted by molar-refractivity contribution is 7.13. The summed E-state index contributed by atoms with van der Waals surface area (Å²) in [5, 5.41) is 3.06. The van der Waals surface area contributed by atoms with Gasteiger partial charge in [-0.05, 0) is 56.2 Å². The maximum atomic E-state index is 14.0. The van der Waals surface area contributed by atoms with Gasteiger partial charge in [0.05, 0.1) is 16.1 Å². The fraction of sp³-hybridized carbons (Fsp3) is 0.419. The molecule has 1 N–H and O–H groups in total. The molecule has 1 fully saturated rings. The number of aryl methyl sites for hydroxylation is 1. The summed E-state index contributed by atoms with van der Waals surface area (Å²) in [4.78, 5) is 49.6. The molecule has 0 spiro atoms. The molecule has 206 valence electrons. The second kappa shape index (κ2) is 11.7. The molecular weight excluding hydrogens is 508 g/mol. The van der Waals surface area contributed by atoms with Crippen molar-refractivity contribution >= 4 is 29.1 Å². The number of benzene rings is 1. The fourth-order valence-electron chi connectivity index (χ4n) is 5.64. The van der Waals surface area contributed by atoms with Crippen molar-refractivity contribution in [3.8, 4) is 10.4 Å². The number of thiazole rings is 1. The average molecular weight is 547 g/mol. The van der Waals surface area contributed by atoms with E-state index in [4.69, 9.17) is 0 Å². The first kappa shape index (κ1) is 28.5. The minimum atomic E-state index is -0.979. The molecular formula is C31H38N4O3S. The van der Waals surface area contributed by atoms with Gasteiger partial charge in [-0.2, -0.15) is 0 Å². The highest BCUT2D eigenvalue weighted by Crippen LogP contribution is 2.34. The van der Waals surface area contributed by atoms with Gasteiger partial charge >= 0.3 is 0 Å². The van der Waals surface area contributed by atoms with Crippen LogP contribution in [0.1, 0.15) is 51.8 Å². The Morgan fingerprint density at radius 2 is 1.97 bits per heavy atom. The summed E-state index contributed by atoms with van der Waals surface area (Å²) in [6, 6.07) is 7.44. The first-order chi connectivity index (χ1) is 18.6. The molecule has 2 unspecified atom stereocenters. The van der Waals surface area contributed by atoms with Gasteiger partial charge in [-0.15, -0.1) is 11.3 Å². The lowest BCUT2D eigenvalue weighted by Gasteiger charge is -2.39. The van der Waals surface area contributed by atoms with Crippen LogP contribution >= 0.6 is 11.3 Å². The molecule has 39 heavy (non-hydrogen) atoms. The smallest absolute Gasteiger partial charge is 0.255 e. The third kappa shape index (κ3) is 5.48. The van der Waals surface area contributed by atoms with Gasteiger partial charge < -0.3 is 15.1 Å². The Morgan fingerprint density at radius 1 is 1.26 bits per heavy atom. The number of amides is 3. The molecule has 3 amide bonds. The van der Waals surface area contributed by atoms with Crippen LogP contribution in [0.3, 0.4) is 0 Å². The van der Waals surface area contributed by atoms with E-state index in [9.17, 15) is 14.4 Å². The number of nitrogens with one attached hydrogen (secondary N) is 1. The quantitative estimate of drug-likeness (QED) is 0.478. The second-order valence-corrected chi connectivity index (χ2v) is 11.6. The first-order valence-electron chi connectivity index (χ1n) is 13.5. The molecule has 2 atom stereocenters. The van der Waals surface area contributed by atoms with Crippen molar-refractivity contribution in [2.24, 2.45) is 5.92 Å². The van der Waals surface area contributed by atoms with E-state index >= 15 is 0 Å². The van der Waals surface area contributed by atoms with Crippen LogP contribution in [0.2, 0.25) is 0 Å². The highest BCUT2D eigenvalue weighted by atomic mass is 32.1. The molecule has 1 aromatic heterocycles. The maximum Gasteiger partial charge on any atom is 0.255 e. The molecule has 0 aliphatic carbocycles. The summed E-state index contributed by atoms with van der Waals surface area (Å²) >= 11 is 1.61. The van der Waals surface area contributed by atoms with Crippen molar-refractivity contribution in [1.82, 2.24) is 20.1 Å². The summed E-state index contributed by atoms with van der Waals surface area (Å²) in [5.41, 5.74) is 5.34. The van der Waals surface area contributed by atoms with E-state index in [0.717, 1.165) is 33.7 Å². The van der Waals surface area contributed by atoms with E-state index in [1.165, 1.54) is 0 Å². The first-order valence-corrected chi connectivity index (χ1v) is 14.4. The monoisotopic (exact) mass is 546 g/mol. The standard InChI is InChI=1S/C31H38N4O3S/c1-7-10-24-18-34(28(36)25(24)8-2)26(20(3)4)29(37)35-16-9-15-31(35,6)30(38)32-17-22-11-13-23(14-12-22)27-21(5)33-19-39-27/h7-8,10-14,19-20,26H,2,9,15-18H2,1,3-6H3,(H,32,38)/b10-7-. The number of hydrogen-bond donors (Lipinski definition) is 1. The summed E-state index contributed by atoms with van der Waals surface area (Å²) in [6.45, 7) is 14.6. The number of allylic oxidation sites excluding steroid dienone is 1. The lowest BCUT2D eigenvalue weighted by atomic mass is 9.94. The van der Waals surface area contributed by atoms with Crippen LogP contribution in [-0.4, -0.2) is 57.2 Å². The molecule has 0 radical (unpaired) electrons. The molecule has 8 heteroatoms. The summed E-state index contributed by atoms with van der Waals surface area (Å²) in [5.74, 6) is -0.660. The van der Waals surface area contributed by atoms with E-state index in [-0.39, 0.29) is 23.6 Å². The van der Waals surface area contributed by atoms with Gasteiger partial charge in [0, 0.05) is 25.2 Å². The molecule has 2 aliphatic rings. The molecule has 1 saturated heterocycles. The van der Waals surface area contributed by atoms with Crippen LogP contribution in [-0.2, 0) is 20.9 Å². The lowest BCUT2D eigenvalue weighted by Crippen LogP contribution is -2.61. The Hall–Kier alpha value is -3.52. The van der Waals surface area contributed by atoms with Crippen molar-refractivity contribution in [1.29, 1.82) is 0 Å². The Kier molecular flexibility index (Phi) is 8.54. The van der Waals surface area contributed by atoms with Crippen molar-refractivity contribution < 1.29 is 14.4 Å². The van der Waals surface area contributed by atoms with Crippen molar-refractivity contribution in [2.75, 3.05) is 13.1 Å². The van der Waals surface area contributed by atoms with Crippen LogP contribution in [0.15, 0.2) is 65.7 Å². The van der Waals surface area contributed by atoms with Crippen LogP contribution in [0.5, 0.6) is 0 Å². The predicted molar refractivity (Wildman–Crippen MR) is 156 cm³/mol. The van der Waals surface area contributed by atoms with Crippen LogP contribution < -0.4 is 5.32 Å². The molecule has 0 bridgehead atoms. The van der Waals surface area contributed by atoms with E-state index in [1.54, 1.807) is 27.2 Å². The largest absolute Gasteiger partial charge is 0.350 e. The fourth-order valence-corrected chi connectivity index (χ4v) is 6.45. The molecule has 0 saturated carbocycles. The Morgan fingerprint density at radius 3 is 2.56 bits per heavy atom. The van der Waals surface area contributed by atoms with Gasteiger partial charge in [0.15, 0.2) is 0 Å². The topological polar surface area (TPSA) is 82.6 Å². The summed E-state index contributed by atoms with van der Waals surface area (Å²) < 4.78 is 0. The van der Waals surface area contributed by atoms with E-state index in [2.05, 4.69) is 16.9 Å². The van der Waals surface area contributed by atoms with Crippen molar-refractivity contribution in [3.63, 3.8) is 0 Å². The van der Waals surface area contributed by atoms with Gasteiger partial charge in [0.2, 0.25) is 11.8 Å². The number of hydrogen-bond acceptors (Lipinski definition) is 5. The lowest BCUT2D eigenvalue weighted by molar-refractivity contribution is -0.151. The van der Waals surface area contributed by atoms with Gasteiger partial charge in [-0.1, -0.05) is 62.9 Å². The average Bonchev–Trinajstić information content (AvgIpc) is 3.60. The van der Waals surface area contributed by atoms with Crippen LogP contribution in [0.4, 0.5) is 0 Å². The molecule has 2 aliphatic heterocycles. The number of rotatable bonds is 9. The molecule has 7 nitrogen and oxygen atoms in total. The minimum Gasteiger partial charge on any atom is -0.350 e. The molecule has 3 heterocycles. The minimum absolute atomic E-state index is 0.119. The predicted octanol–water partition coefficient (Wildman–Crippen LogP) is 5.04. The highest BCUT2D eigenvalue weighted by Gasteiger charge is 2.49. The zero-order valence-electron chi connectivity index (χ0n) is 23.5. The second-order valence-electron chi connectivity index (χ2n) is 10.8. The number of aromatic nitrogens is 1. The zero-order valence-corrected chi connectivity index (χ0v) is 24.3. The number of carbonyl (C=O) groups is 3. The Balaban J connectivity index is 1.47. The van der Waals surface area contributed by atoms with E-state index in [0.29, 0.717) is 31.6 Å². The molecule has 2 aromatic rings. The Labute approximate surface area is 235 Å². The third-order valence-electron chi connectivity index (χ3n) is 7.78. The van der Waals surface area contributed by atoms with Gasteiger partial charge in [-0.25, -0.2) is 4.98 Å². The number of carbonyl (C=O) groups excluding carboxylic acids is 3. The third-order valence-corrected chi connectivity index (χ3v) is 8.76. The number of nitrogens with zero attached hydrogens (tertiary/aromatic N) is 3. The van der Waals surface area contributed by atoms with E-state index in [1.807, 2.05) is 76.5 Å². The van der Waals surface area contributed by atoms with Crippen molar-refractivity contribution in [3.05, 3.63) is 77.0 Å². The van der Waals surface area contributed by atoms with Crippen LogP contribution in [0, 0.1) is 12.8 Å². The van der Waals surface area contributed by atoms with Gasteiger partial charge in [0.1, 0.15) is 11.6 Å². The molecule has 4 rings (SSSR count). The van der Waals surface area contributed by atoms with Gasteiger partial charge in [-0.3, -0.25) is 14.4 Å². The van der Waals surface area contributed by atoms with Crippen LogP contribution in [0.25, 0.3) is 10.4 Å². The normalized spacial score (nSPS) is 20.4.